The highest BCUT2D eigenvalue weighted by molar-refractivity contribution is 5.92. The lowest BCUT2D eigenvalue weighted by molar-refractivity contribution is -0.138. The third-order valence-corrected chi connectivity index (χ3v) is 5.02. The predicted molar refractivity (Wildman–Crippen MR) is 100 cm³/mol. The van der Waals surface area contributed by atoms with Gasteiger partial charge in [-0.2, -0.15) is 0 Å². The van der Waals surface area contributed by atoms with E-state index in [1.165, 1.54) is 37.8 Å². The summed E-state index contributed by atoms with van der Waals surface area (Å²) >= 11 is 0. The number of hydrogen-bond donors (Lipinski definition) is 0. The van der Waals surface area contributed by atoms with Gasteiger partial charge in [-0.05, 0) is 56.8 Å². The molecular formula is C21H30N2O2. The Morgan fingerprint density at radius 1 is 1.28 bits per heavy atom. The first-order valence-corrected chi connectivity index (χ1v) is 9.58. The third kappa shape index (κ3) is 4.75. The van der Waals surface area contributed by atoms with Crippen LogP contribution in [0.5, 0.6) is 0 Å². The molecule has 1 heterocycles. The van der Waals surface area contributed by atoms with Crippen LogP contribution in [0.3, 0.4) is 0 Å². The van der Waals surface area contributed by atoms with Crippen LogP contribution in [0.2, 0.25) is 0 Å². The smallest absolute Gasteiger partial charge is 0.336 e. The molecule has 0 atom stereocenters. The Hall–Kier alpha value is -2.02. The zero-order valence-corrected chi connectivity index (χ0v) is 15.8. The highest BCUT2D eigenvalue weighted by atomic mass is 16.5. The lowest BCUT2D eigenvalue weighted by atomic mass is 9.84. The Balaban J connectivity index is 2.41. The van der Waals surface area contributed by atoms with Gasteiger partial charge in [-0.25, -0.2) is 4.85 Å². The molecule has 0 radical (unpaired) electrons. The summed E-state index contributed by atoms with van der Waals surface area (Å²) in [5.74, 6) is 0.0104. The van der Waals surface area contributed by atoms with E-state index in [9.17, 15) is 4.79 Å². The molecule has 1 saturated carbocycles. The molecular weight excluding hydrogens is 312 g/mol. The van der Waals surface area contributed by atoms with Crippen LogP contribution in [0, 0.1) is 12.5 Å². The topological polar surface area (TPSA) is 33.9 Å². The largest absolute Gasteiger partial charge is 0.471 e. The number of hydrogen-bond acceptors (Lipinski definition) is 3. The van der Waals surface area contributed by atoms with Gasteiger partial charge in [-0.1, -0.05) is 32.6 Å². The normalized spacial score (nSPS) is 20.5. The van der Waals surface area contributed by atoms with Crippen LogP contribution in [-0.2, 0) is 9.53 Å². The first-order chi connectivity index (χ1) is 12.1. The first kappa shape index (κ1) is 19.3. The summed E-state index contributed by atoms with van der Waals surface area (Å²) in [6.45, 7) is 14.8. The van der Waals surface area contributed by atoms with Gasteiger partial charge < -0.3 is 9.64 Å². The molecule has 0 unspecified atom stereocenters. The number of unbranched alkanes of at least 4 members (excludes halogenated alkanes) is 1. The van der Waals surface area contributed by atoms with E-state index in [0.29, 0.717) is 11.5 Å². The average molecular weight is 342 g/mol. The first-order valence-electron chi connectivity index (χ1n) is 9.58. The van der Waals surface area contributed by atoms with Crippen molar-refractivity contribution in [3.8, 4) is 0 Å². The van der Waals surface area contributed by atoms with Crippen molar-refractivity contribution in [2.75, 3.05) is 13.2 Å². The number of ether oxygens (including phenoxy) is 1. The summed E-state index contributed by atoms with van der Waals surface area (Å²) in [5.41, 5.74) is 3.22. The molecule has 0 aromatic heterocycles. The maximum absolute atomic E-state index is 12.2. The zero-order valence-electron chi connectivity index (χ0n) is 15.8. The molecule has 136 valence electrons. The minimum absolute atomic E-state index is 0.102. The van der Waals surface area contributed by atoms with Crippen molar-refractivity contribution in [3.63, 3.8) is 0 Å². The molecule has 1 aliphatic carbocycles. The van der Waals surface area contributed by atoms with E-state index in [-0.39, 0.29) is 12.3 Å². The highest BCUT2D eigenvalue weighted by Gasteiger charge is 2.27. The highest BCUT2D eigenvalue weighted by Crippen LogP contribution is 2.37. The number of rotatable bonds is 6. The second kappa shape index (κ2) is 9.46. The average Bonchev–Trinajstić information content (AvgIpc) is 2.62. The predicted octanol–water partition coefficient (Wildman–Crippen LogP) is 5.21. The van der Waals surface area contributed by atoms with Crippen LogP contribution < -0.4 is 0 Å². The lowest BCUT2D eigenvalue weighted by Gasteiger charge is -2.37. The lowest BCUT2D eigenvalue weighted by Crippen LogP contribution is -2.30. The van der Waals surface area contributed by atoms with E-state index in [1.54, 1.807) is 6.92 Å². The SMILES string of the molecule is [C-]#[N+]/C(C(=O)OCC)=C1/C=C(C)N(CCCC)C(C2CCCCC2)=C1. The molecule has 0 spiro atoms. The van der Waals surface area contributed by atoms with Crippen LogP contribution in [0.1, 0.15) is 65.7 Å². The monoisotopic (exact) mass is 342 g/mol. The molecule has 0 amide bonds. The van der Waals surface area contributed by atoms with Crippen LogP contribution >= 0.6 is 0 Å². The van der Waals surface area contributed by atoms with Crippen LogP contribution in [0.15, 0.2) is 34.8 Å². The fourth-order valence-electron chi connectivity index (χ4n) is 3.71. The summed E-state index contributed by atoms with van der Waals surface area (Å²) in [6.07, 6.45) is 12.6. The van der Waals surface area contributed by atoms with Gasteiger partial charge in [-0.15, -0.1) is 0 Å². The van der Waals surface area contributed by atoms with E-state index in [2.05, 4.69) is 29.7 Å². The van der Waals surface area contributed by atoms with Gasteiger partial charge in [0.05, 0.1) is 13.2 Å². The molecule has 1 aliphatic heterocycles. The van der Waals surface area contributed by atoms with Crippen molar-refractivity contribution in [2.24, 2.45) is 5.92 Å². The fraction of sp³-hybridized carbons (Fsp3) is 0.619. The third-order valence-electron chi connectivity index (χ3n) is 5.02. The summed E-state index contributed by atoms with van der Waals surface area (Å²) in [5, 5.41) is 0. The minimum Gasteiger partial charge on any atom is -0.471 e. The van der Waals surface area contributed by atoms with Gasteiger partial charge in [0.15, 0.2) is 0 Å². The Morgan fingerprint density at radius 2 is 2.00 bits per heavy atom. The van der Waals surface area contributed by atoms with Crippen molar-refractivity contribution in [2.45, 2.75) is 65.7 Å². The number of allylic oxidation sites excluding steroid dienone is 5. The van der Waals surface area contributed by atoms with Gasteiger partial charge in [0.25, 0.3) is 5.70 Å². The summed E-state index contributed by atoms with van der Waals surface area (Å²) in [7, 11) is 0. The minimum atomic E-state index is -0.516. The van der Waals surface area contributed by atoms with E-state index >= 15 is 0 Å². The molecule has 25 heavy (non-hydrogen) atoms. The van der Waals surface area contributed by atoms with E-state index < -0.39 is 5.97 Å². The van der Waals surface area contributed by atoms with Gasteiger partial charge in [0, 0.05) is 17.9 Å². The number of carbonyl (C=O) groups excluding carboxylic acids is 1. The van der Waals surface area contributed by atoms with E-state index in [1.807, 2.05) is 6.08 Å². The summed E-state index contributed by atoms with van der Waals surface area (Å²) < 4.78 is 5.07. The standard InChI is InChI=1S/C21H30N2O2/c1-5-7-13-23-16(3)14-18(20(22-4)21(24)25-6-2)15-19(23)17-11-9-8-10-12-17/h14-15,17H,5-13H2,1-3H3/b20-18-. The molecule has 2 aliphatic rings. The molecule has 0 bridgehead atoms. The molecule has 0 saturated heterocycles. The Labute approximate surface area is 152 Å². The zero-order chi connectivity index (χ0) is 18.2. The van der Waals surface area contributed by atoms with Crippen LogP contribution in [-0.4, -0.2) is 24.0 Å². The Bertz CT molecular complexity index is 616. The number of nitrogens with zero attached hydrogens (tertiary/aromatic N) is 2. The quantitative estimate of drug-likeness (QED) is 0.378. The van der Waals surface area contributed by atoms with E-state index in [4.69, 9.17) is 11.3 Å². The molecule has 0 N–H and O–H groups in total. The van der Waals surface area contributed by atoms with Crippen molar-refractivity contribution < 1.29 is 9.53 Å². The molecule has 0 aromatic rings. The summed E-state index contributed by atoms with van der Waals surface area (Å²) in [6, 6.07) is 0. The summed E-state index contributed by atoms with van der Waals surface area (Å²) in [4.78, 5) is 18.0. The van der Waals surface area contributed by atoms with Gasteiger partial charge >= 0.3 is 5.97 Å². The maximum Gasteiger partial charge on any atom is 0.336 e. The van der Waals surface area contributed by atoms with Crippen LogP contribution in [0.25, 0.3) is 4.85 Å². The van der Waals surface area contributed by atoms with Gasteiger partial charge in [0.2, 0.25) is 0 Å². The molecule has 2 rings (SSSR count). The van der Waals surface area contributed by atoms with Gasteiger partial charge in [0.1, 0.15) is 0 Å². The van der Waals surface area contributed by atoms with Crippen molar-refractivity contribution in [1.29, 1.82) is 0 Å². The van der Waals surface area contributed by atoms with Crippen molar-refractivity contribution >= 4 is 5.97 Å². The number of carbonyl (C=O) groups is 1. The fourth-order valence-corrected chi connectivity index (χ4v) is 3.71. The van der Waals surface area contributed by atoms with Crippen LogP contribution in [0.4, 0.5) is 0 Å². The van der Waals surface area contributed by atoms with E-state index in [0.717, 1.165) is 25.1 Å². The molecule has 4 nitrogen and oxygen atoms in total. The second-order valence-corrected chi connectivity index (χ2v) is 6.83. The maximum atomic E-state index is 12.2. The van der Waals surface area contributed by atoms with Gasteiger partial charge in [-0.3, -0.25) is 4.79 Å². The molecule has 4 heteroatoms. The second-order valence-electron chi connectivity index (χ2n) is 6.83. The Kier molecular flexibility index (Phi) is 7.31. The number of esters is 1. The molecule has 1 fully saturated rings. The van der Waals surface area contributed by atoms with Crippen molar-refractivity contribution in [1.82, 2.24) is 4.90 Å². The Morgan fingerprint density at radius 3 is 2.60 bits per heavy atom. The molecule has 0 aromatic carbocycles. The van der Waals surface area contributed by atoms with Crippen molar-refractivity contribution in [3.05, 3.63) is 46.2 Å².